The molecule has 3 fully saturated rings. The average Bonchev–Trinajstić information content (AvgIpc) is 3.85. The monoisotopic (exact) mass is 871 g/mol. The first-order valence-electron chi connectivity index (χ1n) is 21.1. The molecule has 4 heterocycles. The number of nitrogens with one attached hydrogen (secondary N) is 4. The average molecular weight is 873 g/mol. The summed E-state index contributed by atoms with van der Waals surface area (Å²) in [7, 11) is 0. The third-order valence-corrected chi connectivity index (χ3v) is 14.0. The van der Waals surface area contributed by atoms with Crippen molar-refractivity contribution in [2.45, 2.75) is 99.7 Å². The molecule has 13 heteroatoms. The SMILES string of the molecule is C=C1c2cccc(C#CCCCC(=O)c3ccc(NC(=O)[C@@H]4NC5(CCCCC5)[C@@]5(C(=O)Nc6cc(Cl)ccc65)[C@H]4c4cccc(Cl)c4F)cc3)c2CN1C1CCC(=O)NC1=O. The summed E-state index contributed by atoms with van der Waals surface area (Å²) < 4.78 is 16.3. The summed E-state index contributed by atoms with van der Waals surface area (Å²) in [5, 5.41) is 12.4. The molecule has 4 amide bonds. The minimum atomic E-state index is -1.35. The van der Waals surface area contributed by atoms with E-state index in [-0.39, 0.29) is 46.9 Å². The smallest absolute Gasteiger partial charge is 0.249 e. The molecule has 0 radical (unpaired) electrons. The van der Waals surface area contributed by atoms with Crippen molar-refractivity contribution in [1.29, 1.82) is 0 Å². The van der Waals surface area contributed by atoms with Crippen LogP contribution < -0.4 is 21.3 Å². The Morgan fingerprint density at radius 1 is 0.952 bits per heavy atom. The van der Waals surface area contributed by atoms with E-state index in [4.69, 9.17) is 23.2 Å². The zero-order chi connectivity index (χ0) is 43.3. The van der Waals surface area contributed by atoms with E-state index in [9.17, 15) is 24.0 Å². The van der Waals surface area contributed by atoms with Crippen LogP contribution in [0.4, 0.5) is 15.8 Å². The highest BCUT2D eigenvalue weighted by molar-refractivity contribution is 6.31. The number of rotatable bonds is 8. The number of piperidine rings is 1. The largest absolute Gasteiger partial charge is 0.355 e. The number of carbonyl (C=O) groups is 5. The number of ketones is 1. The van der Waals surface area contributed by atoms with Gasteiger partial charge in [0.25, 0.3) is 0 Å². The number of Topliss-reactive ketones (excluding diaryl/α,β-unsaturated/α-hetero) is 1. The predicted octanol–water partition coefficient (Wildman–Crippen LogP) is 8.42. The highest BCUT2D eigenvalue weighted by Crippen LogP contribution is 2.63. The standard InChI is InChI=1S/C49H44Cl2FN5O5/c1-28-33-12-8-11-29(35(33)27-57(28)39-22-23-41(59)55-45(39)60)10-4-2-5-15-40(58)30-16-19-32(20-17-30)53-46(61)44-42(34-13-9-14-37(51)43(34)52)49(48(56-44)24-6-3-7-25-48)36-21-18-31(50)26-38(36)54-47(49)62/h8-9,11-14,16-21,26,39,42,44,56H,1-3,5-7,15,22-25,27H2,(H,53,61)(H,54,62)(H,55,59,60)/t39?,42-,44+,49+/m0/s1. The number of nitrogens with zero attached hydrogens (tertiary/aromatic N) is 1. The van der Waals surface area contributed by atoms with Gasteiger partial charge < -0.3 is 15.5 Å². The minimum Gasteiger partial charge on any atom is -0.355 e. The van der Waals surface area contributed by atoms with Crippen LogP contribution in [0.15, 0.2) is 85.4 Å². The van der Waals surface area contributed by atoms with Gasteiger partial charge >= 0.3 is 0 Å². The Morgan fingerprint density at radius 2 is 1.73 bits per heavy atom. The molecule has 4 aliphatic heterocycles. The van der Waals surface area contributed by atoms with Crippen molar-refractivity contribution < 1.29 is 28.4 Å². The van der Waals surface area contributed by atoms with E-state index in [1.165, 1.54) is 6.07 Å². The number of hydrogen-bond donors (Lipinski definition) is 4. The van der Waals surface area contributed by atoms with Crippen molar-refractivity contribution in [3.05, 3.63) is 135 Å². The minimum absolute atomic E-state index is 0.0670. The van der Waals surface area contributed by atoms with E-state index in [1.807, 2.05) is 29.2 Å². The highest BCUT2D eigenvalue weighted by Gasteiger charge is 2.72. The molecule has 2 saturated heterocycles. The van der Waals surface area contributed by atoms with Gasteiger partial charge in [-0.15, -0.1) is 0 Å². The maximum atomic E-state index is 16.3. The summed E-state index contributed by atoms with van der Waals surface area (Å²) in [6.45, 7) is 4.70. The molecule has 1 aliphatic carbocycles. The molecule has 0 bridgehead atoms. The van der Waals surface area contributed by atoms with Crippen molar-refractivity contribution in [2.75, 3.05) is 10.6 Å². The molecule has 316 valence electrons. The number of amides is 4. The Hall–Kier alpha value is -5.80. The normalized spacial score (nSPS) is 23.4. The van der Waals surface area contributed by atoms with Crippen LogP contribution in [0.1, 0.15) is 108 Å². The zero-order valence-corrected chi connectivity index (χ0v) is 35.4. The Morgan fingerprint density at radius 3 is 2.50 bits per heavy atom. The first-order valence-corrected chi connectivity index (χ1v) is 21.8. The molecule has 9 rings (SSSR count). The van der Waals surface area contributed by atoms with Crippen molar-refractivity contribution in [2.24, 2.45) is 0 Å². The van der Waals surface area contributed by atoms with Crippen LogP contribution in [0.2, 0.25) is 10.0 Å². The topological polar surface area (TPSA) is 137 Å². The summed E-state index contributed by atoms with van der Waals surface area (Å²) in [4.78, 5) is 68.6. The Labute approximate surface area is 369 Å². The van der Waals surface area contributed by atoms with Crippen molar-refractivity contribution in [1.82, 2.24) is 15.5 Å². The first kappa shape index (κ1) is 41.5. The van der Waals surface area contributed by atoms with Gasteiger partial charge in [-0.25, -0.2) is 4.39 Å². The number of unbranched alkanes of at least 4 members (excludes halogenated alkanes) is 1. The van der Waals surface area contributed by atoms with Gasteiger partial charge in [0.05, 0.1) is 11.1 Å². The number of hydrogen-bond acceptors (Lipinski definition) is 7. The zero-order valence-electron chi connectivity index (χ0n) is 33.8. The van der Waals surface area contributed by atoms with E-state index in [1.54, 1.807) is 48.5 Å². The number of imide groups is 1. The van der Waals surface area contributed by atoms with E-state index >= 15 is 4.39 Å². The lowest BCUT2D eigenvalue weighted by Crippen LogP contribution is -2.60. The lowest BCUT2D eigenvalue weighted by Gasteiger charge is -2.47. The van der Waals surface area contributed by atoms with E-state index in [2.05, 4.69) is 39.7 Å². The number of anilines is 2. The molecule has 0 aromatic heterocycles. The van der Waals surface area contributed by atoms with Crippen LogP contribution in [0.3, 0.4) is 0 Å². The van der Waals surface area contributed by atoms with Gasteiger partial charge in [0, 0.05) is 76.0 Å². The molecule has 4 atom stereocenters. The summed E-state index contributed by atoms with van der Waals surface area (Å²) >= 11 is 12.8. The predicted molar refractivity (Wildman–Crippen MR) is 236 cm³/mol. The Balaban J connectivity index is 0.887. The second kappa shape index (κ2) is 16.5. The highest BCUT2D eigenvalue weighted by atomic mass is 35.5. The molecule has 5 aliphatic rings. The number of fused-ring (bicyclic) bond motifs is 4. The maximum Gasteiger partial charge on any atom is 0.249 e. The molecule has 2 spiro atoms. The fourth-order valence-corrected chi connectivity index (χ4v) is 11.0. The second-order valence-corrected chi connectivity index (χ2v) is 17.7. The lowest BCUT2D eigenvalue weighted by molar-refractivity contribution is -0.136. The molecular weight excluding hydrogens is 828 g/mol. The molecule has 1 unspecified atom stereocenters. The Bertz CT molecular complexity index is 2630. The van der Waals surface area contributed by atoms with Crippen LogP contribution in [-0.2, 0) is 31.1 Å². The maximum absolute atomic E-state index is 16.3. The number of carbonyl (C=O) groups excluding carboxylic acids is 5. The van der Waals surface area contributed by atoms with Crippen LogP contribution in [0, 0.1) is 17.7 Å². The quantitative estimate of drug-likeness (QED) is 0.0605. The first-order chi connectivity index (χ1) is 29.9. The summed E-state index contributed by atoms with van der Waals surface area (Å²) in [6, 6.07) is 20.9. The molecule has 4 aromatic carbocycles. The molecule has 62 heavy (non-hydrogen) atoms. The van der Waals surface area contributed by atoms with Gasteiger partial charge in [0.15, 0.2) is 5.78 Å². The third kappa shape index (κ3) is 6.98. The van der Waals surface area contributed by atoms with Crippen LogP contribution in [0.25, 0.3) is 5.70 Å². The Kier molecular flexibility index (Phi) is 11.0. The number of benzene rings is 4. The van der Waals surface area contributed by atoms with Gasteiger partial charge in [-0.1, -0.05) is 91.2 Å². The van der Waals surface area contributed by atoms with Crippen molar-refractivity contribution in [3.63, 3.8) is 0 Å². The molecule has 4 aromatic rings. The van der Waals surface area contributed by atoms with E-state index in [0.29, 0.717) is 66.2 Å². The fraction of sp³-hybridized carbons (Fsp3) is 0.327. The van der Waals surface area contributed by atoms with Crippen molar-refractivity contribution >= 4 is 69.7 Å². The molecular formula is C49H44Cl2FN5O5. The van der Waals surface area contributed by atoms with E-state index in [0.717, 1.165) is 41.6 Å². The van der Waals surface area contributed by atoms with Gasteiger partial charge in [0.2, 0.25) is 23.6 Å². The van der Waals surface area contributed by atoms with Gasteiger partial charge in [0.1, 0.15) is 17.3 Å². The second-order valence-electron chi connectivity index (χ2n) is 16.9. The molecule has 10 nitrogen and oxygen atoms in total. The van der Waals surface area contributed by atoms with Crippen LogP contribution in [-0.4, -0.2) is 51.9 Å². The third-order valence-electron chi connectivity index (χ3n) is 13.5. The molecule has 1 saturated carbocycles. The van der Waals surface area contributed by atoms with Crippen LogP contribution in [0.5, 0.6) is 0 Å². The summed E-state index contributed by atoms with van der Waals surface area (Å²) in [5.74, 6) is 3.40. The summed E-state index contributed by atoms with van der Waals surface area (Å²) in [5.41, 5.74) is 3.59. The van der Waals surface area contributed by atoms with E-state index < -0.39 is 40.7 Å². The van der Waals surface area contributed by atoms with Crippen molar-refractivity contribution in [3.8, 4) is 11.8 Å². The lowest BCUT2D eigenvalue weighted by atomic mass is 9.55. The van der Waals surface area contributed by atoms with Gasteiger partial charge in [-0.2, -0.15) is 0 Å². The molecule has 4 N–H and O–H groups in total. The van der Waals surface area contributed by atoms with Gasteiger partial charge in [-0.3, -0.25) is 34.6 Å². The number of halogens is 3. The van der Waals surface area contributed by atoms with Gasteiger partial charge in [-0.05, 0) is 90.9 Å². The van der Waals surface area contributed by atoms with Crippen LogP contribution >= 0.6 is 23.2 Å². The summed E-state index contributed by atoms with van der Waals surface area (Å²) in [6.07, 6.45) is 5.84. The fourth-order valence-electron chi connectivity index (χ4n) is 10.7.